The summed E-state index contributed by atoms with van der Waals surface area (Å²) in [4.78, 5) is 13.8. The number of carbonyl (C=O) groups is 1. The maximum Gasteiger partial charge on any atom is 0.238 e. The van der Waals surface area contributed by atoms with Crippen molar-refractivity contribution in [3.8, 4) is 0 Å². The predicted molar refractivity (Wildman–Crippen MR) is 87.7 cm³/mol. The number of likely N-dealkylation sites (N-methyl/N-ethyl adjacent to an activating group) is 1. The van der Waals surface area contributed by atoms with Crippen LogP contribution in [0.1, 0.15) is 13.8 Å². The molecule has 20 heavy (non-hydrogen) atoms. The van der Waals surface area contributed by atoms with Crippen molar-refractivity contribution in [3.63, 3.8) is 0 Å². The van der Waals surface area contributed by atoms with E-state index in [1.807, 2.05) is 11.9 Å². The topological polar surface area (TPSA) is 58.4 Å². The van der Waals surface area contributed by atoms with E-state index in [4.69, 9.17) is 17.3 Å². The summed E-state index contributed by atoms with van der Waals surface area (Å²) in [6.45, 7) is 5.88. The van der Waals surface area contributed by atoms with Crippen LogP contribution in [0, 0.1) is 5.41 Å². The van der Waals surface area contributed by atoms with E-state index in [9.17, 15) is 4.79 Å². The molecule has 1 aromatic rings. The van der Waals surface area contributed by atoms with Gasteiger partial charge >= 0.3 is 0 Å². The molecule has 6 heteroatoms. The van der Waals surface area contributed by atoms with Crippen LogP contribution in [0.15, 0.2) is 24.3 Å². The largest absolute Gasteiger partial charge is 0.330 e. The van der Waals surface area contributed by atoms with E-state index < -0.39 is 0 Å². The summed E-state index contributed by atoms with van der Waals surface area (Å²) in [6.07, 6.45) is 0. The highest BCUT2D eigenvalue weighted by atomic mass is 35.5. The molecule has 0 aliphatic rings. The lowest BCUT2D eigenvalue weighted by Crippen LogP contribution is -2.40. The Kier molecular flexibility index (Phi) is 8.13. The smallest absolute Gasteiger partial charge is 0.238 e. The highest BCUT2D eigenvalue weighted by molar-refractivity contribution is 6.30. The summed E-state index contributed by atoms with van der Waals surface area (Å²) in [5, 5.41) is 3.49. The number of amides is 1. The van der Waals surface area contributed by atoms with E-state index in [0.717, 1.165) is 12.2 Å². The molecule has 0 saturated heterocycles. The molecule has 0 atom stereocenters. The molecular weight excluding hydrogens is 297 g/mol. The van der Waals surface area contributed by atoms with Crippen LogP contribution in [0.3, 0.4) is 0 Å². The third-order valence-corrected chi connectivity index (χ3v) is 3.04. The van der Waals surface area contributed by atoms with E-state index in [1.165, 1.54) is 0 Å². The van der Waals surface area contributed by atoms with Crippen LogP contribution < -0.4 is 11.1 Å². The van der Waals surface area contributed by atoms with Crippen molar-refractivity contribution in [1.29, 1.82) is 0 Å². The van der Waals surface area contributed by atoms with Crippen molar-refractivity contribution >= 4 is 35.6 Å². The van der Waals surface area contributed by atoms with Gasteiger partial charge in [0.1, 0.15) is 0 Å². The SMILES string of the molecule is CN(CC(=O)Nc1ccc(Cl)cc1)CC(C)(C)CN.Cl. The minimum atomic E-state index is -0.0438. The average molecular weight is 320 g/mol. The molecule has 3 N–H and O–H groups in total. The number of rotatable bonds is 6. The first-order chi connectivity index (χ1) is 8.82. The van der Waals surface area contributed by atoms with Crippen molar-refractivity contribution in [3.05, 3.63) is 29.3 Å². The van der Waals surface area contributed by atoms with Gasteiger partial charge in [0, 0.05) is 17.3 Å². The van der Waals surface area contributed by atoms with Crippen LogP contribution >= 0.6 is 24.0 Å². The number of nitrogens with one attached hydrogen (secondary N) is 1. The Morgan fingerprint density at radius 2 is 1.90 bits per heavy atom. The number of benzene rings is 1. The fourth-order valence-electron chi connectivity index (χ4n) is 1.83. The molecule has 0 fully saturated rings. The standard InChI is InChI=1S/C14H22ClN3O.ClH/c1-14(2,9-16)10-18(3)8-13(19)17-12-6-4-11(15)5-7-12;/h4-7H,8-10,16H2,1-3H3,(H,17,19);1H. The van der Waals surface area contributed by atoms with Crippen LogP contribution in [-0.2, 0) is 4.79 Å². The number of carbonyl (C=O) groups excluding carboxylic acids is 1. The fourth-order valence-corrected chi connectivity index (χ4v) is 1.96. The Morgan fingerprint density at radius 3 is 2.40 bits per heavy atom. The zero-order valence-corrected chi connectivity index (χ0v) is 13.7. The van der Waals surface area contributed by atoms with Crippen molar-refractivity contribution in [1.82, 2.24) is 4.90 Å². The lowest BCUT2D eigenvalue weighted by molar-refractivity contribution is -0.117. The highest BCUT2D eigenvalue weighted by Gasteiger charge is 2.19. The molecular formula is C14H23Cl2N3O. The molecule has 1 rings (SSSR count). The van der Waals surface area contributed by atoms with Gasteiger partial charge < -0.3 is 11.1 Å². The molecule has 0 heterocycles. The molecule has 0 aromatic heterocycles. The van der Waals surface area contributed by atoms with Gasteiger partial charge in [-0.25, -0.2) is 0 Å². The minimum Gasteiger partial charge on any atom is -0.330 e. The van der Waals surface area contributed by atoms with Gasteiger partial charge in [-0.3, -0.25) is 9.69 Å². The zero-order chi connectivity index (χ0) is 14.5. The van der Waals surface area contributed by atoms with Crippen LogP contribution in [0.25, 0.3) is 0 Å². The summed E-state index contributed by atoms with van der Waals surface area (Å²) < 4.78 is 0. The summed E-state index contributed by atoms with van der Waals surface area (Å²) in [7, 11) is 1.92. The Bertz CT molecular complexity index is 421. The Morgan fingerprint density at radius 1 is 1.35 bits per heavy atom. The quantitative estimate of drug-likeness (QED) is 0.847. The summed E-state index contributed by atoms with van der Waals surface area (Å²) >= 11 is 5.79. The van der Waals surface area contributed by atoms with Gasteiger partial charge in [0.2, 0.25) is 5.91 Å². The van der Waals surface area contributed by atoms with E-state index >= 15 is 0 Å². The first-order valence-corrected chi connectivity index (χ1v) is 6.64. The molecule has 114 valence electrons. The molecule has 4 nitrogen and oxygen atoms in total. The third kappa shape index (κ3) is 7.10. The van der Waals surface area contributed by atoms with E-state index in [-0.39, 0.29) is 23.7 Å². The molecule has 1 aromatic carbocycles. The molecule has 0 radical (unpaired) electrons. The number of nitrogens with two attached hydrogens (primary N) is 1. The van der Waals surface area contributed by atoms with Gasteiger partial charge in [-0.1, -0.05) is 25.4 Å². The molecule has 0 aliphatic carbocycles. The van der Waals surface area contributed by atoms with E-state index in [2.05, 4.69) is 19.2 Å². The molecule has 0 bridgehead atoms. The van der Waals surface area contributed by atoms with Crippen molar-refractivity contribution in [2.75, 3.05) is 32.0 Å². The second-order valence-corrected chi connectivity index (χ2v) is 6.03. The number of nitrogens with zero attached hydrogens (tertiary/aromatic N) is 1. The number of hydrogen-bond acceptors (Lipinski definition) is 3. The maximum absolute atomic E-state index is 11.9. The van der Waals surface area contributed by atoms with Gasteiger partial charge in [-0.2, -0.15) is 0 Å². The Hall–Kier alpha value is -0.810. The van der Waals surface area contributed by atoms with E-state index in [1.54, 1.807) is 24.3 Å². The normalized spacial score (nSPS) is 11.1. The number of halogens is 2. The van der Waals surface area contributed by atoms with Gasteiger partial charge in [-0.15, -0.1) is 12.4 Å². The highest BCUT2D eigenvalue weighted by Crippen LogP contribution is 2.15. The van der Waals surface area contributed by atoms with Crippen LogP contribution in [0.2, 0.25) is 5.02 Å². The van der Waals surface area contributed by atoms with Crippen molar-refractivity contribution in [2.45, 2.75) is 13.8 Å². The molecule has 0 unspecified atom stereocenters. The minimum absolute atomic E-state index is 0. The first kappa shape index (κ1) is 19.2. The zero-order valence-electron chi connectivity index (χ0n) is 12.1. The van der Waals surface area contributed by atoms with Gasteiger partial charge in [0.15, 0.2) is 0 Å². The van der Waals surface area contributed by atoms with Crippen LogP contribution in [0.5, 0.6) is 0 Å². The maximum atomic E-state index is 11.9. The second-order valence-electron chi connectivity index (χ2n) is 5.60. The predicted octanol–water partition coefficient (Wildman–Crippen LogP) is 2.62. The average Bonchev–Trinajstić information content (AvgIpc) is 2.31. The van der Waals surface area contributed by atoms with Crippen molar-refractivity contribution in [2.24, 2.45) is 11.1 Å². The van der Waals surface area contributed by atoms with Crippen LogP contribution in [-0.4, -0.2) is 37.5 Å². The molecule has 0 spiro atoms. The number of hydrogen-bond donors (Lipinski definition) is 2. The lowest BCUT2D eigenvalue weighted by atomic mass is 9.93. The fraction of sp³-hybridized carbons (Fsp3) is 0.500. The summed E-state index contributed by atoms with van der Waals surface area (Å²) in [5.41, 5.74) is 6.44. The van der Waals surface area contributed by atoms with Gasteiger partial charge in [-0.05, 0) is 43.3 Å². The van der Waals surface area contributed by atoms with Crippen molar-refractivity contribution < 1.29 is 4.79 Å². The van der Waals surface area contributed by atoms with Gasteiger partial charge in [0.25, 0.3) is 0 Å². The third-order valence-electron chi connectivity index (χ3n) is 2.79. The summed E-state index contributed by atoms with van der Waals surface area (Å²) in [6, 6.07) is 7.06. The Balaban J connectivity index is 0.00000361. The second kappa shape index (κ2) is 8.47. The van der Waals surface area contributed by atoms with Crippen LogP contribution in [0.4, 0.5) is 5.69 Å². The Labute approximate surface area is 132 Å². The summed E-state index contributed by atoms with van der Waals surface area (Å²) in [5.74, 6) is -0.0438. The molecule has 0 saturated carbocycles. The van der Waals surface area contributed by atoms with E-state index in [0.29, 0.717) is 18.1 Å². The molecule has 1 amide bonds. The first-order valence-electron chi connectivity index (χ1n) is 6.26. The molecule has 0 aliphatic heterocycles. The van der Waals surface area contributed by atoms with Gasteiger partial charge in [0.05, 0.1) is 6.54 Å². The number of anilines is 1. The lowest BCUT2D eigenvalue weighted by Gasteiger charge is -2.28. The monoisotopic (exact) mass is 319 g/mol.